The molecule has 0 saturated heterocycles. The summed E-state index contributed by atoms with van der Waals surface area (Å²) in [5.41, 5.74) is 6.61. The molecule has 0 aliphatic heterocycles. The Labute approximate surface area is 110 Å². The van der Waals surface area contributed by atoms with Crippen LogP contribution >= 0.6 is 0 Å². The predicted octanol–water partition coefficient (Wildman–Crippen LogP) is 1.83. The number of carbonyl (C=O) groups is 1. The number of nitrogens with one attached hydrogen (secondary N) is 1. The van der Waals surface area contributed by atoms with Crippen LogP contribution in [0.3, 0.4) is 0 Å². The molecule has 0 aliphatic carbocycles. The number of aryl methyl sites for hydroxylation is 1. The molecule has 1 amide bonds. The van der Waals surface area contributed by atoms with E-state index in [1.165, 1.54) is 12.1 Å². The number of nitrogens with zero attached hydrogens (tertiary/aromatic N) is 2. The number of amides is 1. The molecule has 0 aliphatic rings. The van der Waals surface area contributed by atoms with E-state index >= 15 is 0 Å². The van der Waals surface area contributed by atoms with Gasteiger partial charge in [0.05, 0.1) is 17.8 Å². The molecule has 19 heavy (non-hydrogen) atoms. The Kier molecular flexibility index (Phi) is 3.50. The second kappa shape index (κ2) is 5.09. The molecule has 5 nitrogen and oxygen atoms in total. The largest absolute Gasteiger partial charge is 0.378 e. The minimum absolute atomic E-state index is 0.0140. The van der Waals surface area contributed by atoms with Crippen molar-refractivity contribution < 1.29 is 9.18 Å². The van der Waals surface area contributed by atoms with Gasteiger partial charge in [0.2, 0.25) is 0 Å². The Morgan fingerprint density at radius 3 is 2.84 bits per heavy atom. The summed E-state index contributed by atoms with van der Waals surface area (Å²) in [5, 5.41) is 7.25. The molecule has 0 fully saturated rings. The van der Waals surface area contributed by atoms with Crippen LogP contribution in [-0.4, -0.2) is 15.7 Å². The zero-order valence-electron chi connectivity index (χ0n) is 10.7. The van der Waals surface area contributed by atoms with E-state index in [9.17, 15) is 9.18 Å². The van der Waals surface area contributed by atoms with Crippen LogP contribution in [0.1, 0.15) is 28.9 Å². The summed E-state index contributed by atoms with van der Waals surface area (Å²) in [6.07, 6.45) is 3.63. The van der Waals surface area contributed by atoms with E-state index in [-0.39, 0.29) is 11.6 Å². The Balaban J connectivity index is 2.19. The second-order valence-electron chi connectivity index (χ2n) is 4.37. The number of anilines is 1. The number of carbonyl (C=O) groups excluding carboxylic acids is 1. The molecule has 0 radical (unpaired) electrons. The minimum atomic E-state index is -0.782. The van der Waals surface area contributed by atoms with Gasteiger partial charge in [0.1, 0.15) is 5.82 Å². The molecule has 1 aromatic heterocycles. The summed E-state index contributed by atoms with van der Waals surface area (Å²) in [6, 6.07) is 4.18. The molecule has 0 spiro atoms. The van der Waals surface area contributed by atoms with E-state index < -0.39 is 11.7 Å². The Hall–Kier alpha value is -2.37. The van der Waals surface area contributed by atoms with Crippen LogP contribution in [0.2, 0.25) is 0 Å². The predicted molar refractivity (Wildman–Crippen MR) is 70.2 cm³/mol. The minimum Gasteiger partial charge on any atom is -0.378 e. The zero-order valence-corrected chi connectivity index (χ0v) is 10.7. The van der Waals surface area contributed by atoms with E-state index in [1.807, 2.05) is 20.2 Å². The summed E-state index contributed by atoms with van der Waals surface area (Å²) in [5.74, 6) is -1.40. The Bertz CT molecular complexity index is 608. The molecule has 6 heteroatoms. The summed E-state index contributed by atoms with van der Waals surface area (Å²) in [4.78, 5) is 11.1. The molecule has 3 N–H and O–H groups in total. The van der Waals surface area contributed by atoms with E-state index in [0.29, 0.717) is 5.69 Å². The monoisotopic (exact) mass is 262 g/mol. The van der Waals surface area contributed by atoms with Crippen LogP contribution in [0, 0.1) is 5.82 Å². The normalized spacial score (nSPS) is 12.2. The summed E-state index contributed by atoms with van der Waals surface area (Å²) >= 11 is 0. The summed E-state index contributed by atoms with van der Waals surface area (Å²) in [7, 11) is 1.83. The highest BCUT2D eigenvalue weighted by Crippen LogP contribution is 2.20. The first-order valence-electron chi connectivity index (χ1n) is 5.82. The van der Waals surface area contributed by atoms with Crippen molar-refractivity contribution in [2.24, 2.45) is 12.8 Å². The van der Waals surface area contributed by atoms with E-state index in [4.69, 9.17) is 5.73 Å². The van der Waals surface area contributed by atoms with Gasteiger partial charge in [0.25, 0.3) is 5.91 Å². The lowest BCUT2D eigenvalue weighted by Crippen LogP contribution is -2.14. The number of primary amides is 1. The van der Waals surface area contributed by atoms with Crippen molar-refractivity contribution in [2.75, 3.05) is 5.32 Å². The molecule has 0 saturated carbocycles. The lowest BCUT2D eigenvalue weighted by atomic mass is 10.1. The third-order valence-electron chi connectivity index (χ3n) is 2.84. The summed E-state index contributed by atoms with van der Waals surface area (Å²) < 4.78 is 15.0. The maximum Gasteiger partial charge on any atom is 0.251 e. The van der Waals surface area contributed by atoms with Gasteiger partial charge in [-0.15, -0.1) is 0 Å². The number of benzene rings is 1. The second-order valence-corrected chi connectivity index (χ2v) is 4.37. The number of rotatable bonds is 4. The van der Waals surface area contributed by atoms with Gasteiger partial charge < -0.3 is 11.1 Å². The van der Waals surface area contributed by atoms with Crippen molar-refractivity contribution in [3.8, 4) is 0 Å². The average molecular weight is 262 g/mol. The first kappa shape index (κ1) is 13.1. The van der Waals surface area contributed by atoms with E-state index in [1.54, 1.807) is 16.9 Å². The van der Waals surface area contributed by atoms with Crippen molar-refractivity contribution in [3.63, 3.8) is 0 Å². The molecular formula is C13H15FN4O. The van der Waals surface area contributed by atoms with Gasteiger partial charge in [0, 0.05) is 24.5 Å². The highest BCUT2D eigenvalue weighted by Gasteiger charge is 2.11. The first-order chi connectivity index (χ1) is 8.97. The topological polar surface area (TPSA) is 72.9 Å². The molecular weight excluding hydrogens is 247 g/mol. The third kappa shape index (κ3) is 2.90. The molecule has 1 atom stereocenters. The van der Waals surface area contributed by atoms with Crippen LogP contribution in [0.25, 0.3) is 0 Å². The van der Waals surface area contributed by atoms with Crippen LogP contribution < -0.4 is 11.1 Å². The van der Waals surface area contributed by atoms with Gasteiger partial charge >= 0.3 is 0 Å². The number of nitrogens with two attached hydrogens (primary N) is 1. The van der Waals surface area contributed by atoms with Crippen LogP contribution in [-0.2, 0) is 7.05 Å². The fraction of sp³-hybridized carbons (Fsp3) is 0.231. The van der Waals surface area contributed by atoms with Crippen molar-refractivity contribution in [3.05, 3.63) is 47.5 Å². The maximum absolute atomic E-state index is 13.3. The Morgan fingerprint density at radius 2 is 2.26 bits per heavy atom. The van der Waals surface area contributed by atoms with Crippen molar-refractivity contribution >= 4 is 11.6 Å². The fourth-order valence-corrected chi connectivity index (χ4v) is 1.80. The SMILES string of the molecule is CC(Nc1ccc(F)c(C(N)=O)c1)c1cnn(C)c1. The van der Waals surface area contributed by atoms with Crippen LogP contribution in [0.5, 0.6) is 0 Å². The number of hydrogen-bond acceptors (Lipinski definition) is 3. The lowest BCUT2D eigenvalue weighted by Gasteiger charge is -2.14. The van der Waals surface area contributed by atoms with E-state index in [0.717, 1.165) is 5.56 Å². The van der Waals surface area contributed by atoms with Gasteiger partial charge in [-0.3, -0.25) is 9.48 Å². The number of aromatic nitrogens is 2. The lowest BCUT2D eigenvalue weighted by molar-refractivity contribution is 0.0996. The van der Waals surface area contributed by atoms with Crippen molar-refractivity contribution in [2.45, 2.75) is 13.0 Å². The number of halogens is 1. The third-order valence-corrected chi connectivity index (χ3v) is 2.84. The van der Waals surface area contributed by atoms with Gasteiger partial charge in [-0.2, -0.15) is 5.10 Å². The molecule has 1 heterocycles. The quantitative estimate of drug-likeness (QED) is 0.882. The fourth-order valence-electron chi connectivity index (χ4n) is 1.80. The van der Waals surface area contributed by atoms with Gasteiger partial charge in [0.15, 0.2) is 0 Å². The molecule has 2 aromatic rings. The van der Waals surface area contributed by atoms with Gasteiger partial charge in [-0.25, -0.2) is 4.39 Å². The number of hydrogen-bond donors (Lipinski definition) is 2. The molecule has 2 rings (SSSR count). The highest BCUT2D eigenvalue weighted by molar-refractivity contribution is 5.94. The van der Waals surface area contributed by atoms with Gasteiger partial charge in [-0.05, 0) is 25.1 Å². The van der Waals surface area contributed by atoms with Crippen molar-refractivity contribution in [1.29, 1.82) is 0 Å². The first-order valence-corrected chi connectivity index (χ1v) is 5.82. The smallest absolute Gasteiger partial charge is 0.251 e. The van der Waals surface area contributed by atoms with Crippen LogP contribution in [0.4, 0.5) is 10.1 Å². The zero-order chi connectivity index (χ0) is 14.0. The average Bonchev–Trinajstić information content (AvgIpc) is 2.78. The molecule has 1 aromatic carbocycles. The Morgan fingerprint density at radius 1 is 1.53 bits per heavy atom. The molecule has 1 unspecified atom stereocenters. The van der Waals surface area contributed by atoms with E-state index in [2.05, 4.69) is 10.4 Å². The standard InChI is InChI=1S/C13H15FN4O/c1-8(9-6-16-18(2)7-9)17-10-3-4-12(14)11(5-10)13(15)19/h3-8,17H,1-2H3,(H2,15,19). The molecule has 0 bridgehead atoms. The maximum atomic E-state index is 13.3. The highest BCUT2D eigenvalue weighted by atomic mass is 19.1. The van der Waals surface area contributed by atoms with Crippen molar-refractivity contribution in [1.82, 2.24) is 9.78 Å². The van der Waals surface area contributed by atoms with Crippen LogP contribution in [0.15, 0.2) is 30.6 Å². The molecule has 100 valence electrons. The van der Waals surface area contributed by atoms with Gasteiger partial charge in [-0.1, -0.05) is 0 Å². The summed E-state index contributed by atoms with van der Waals surface area (Å²) in [6.45, 7) is 1.95.